The summed E-state index contributed by atoms with van der Waals surface area (Å²) in [6, 6.07) is 3.97. The molecule has 1 rings (SSSR count). The van der Waals surface area contributed by atoms with Gasteiger partial charge in [-0.2, -0.15) is 5.10 Å². The third kappa shape index (κ3) is 4.94. The number of carboxylic acid groups (broad SMARTS) is 1. The zero-order chi connectivity index (χ0) is 14.3. The lowest BCUT2D eigenvalue weighted by Crippen LogP contribution is -2.24. The minimum absolute atomic E-state index is 0.257. The van der Waals surface area contributed by atoms with Gasteiger partial charge in [0.2, 0.25) is 0 Å². The second-order valence-corrected chi connectivity index (χ2v) is 3.33. The third-order valence-corrected chi connectivity index (χ3v) is 1.93. The first-order valence-electron chi connectivity index (χ1n) is 5.14. The monoisotopic (exact) mass is 267 g/mol. The number of rotatable bonds is 6. The summed E-state index contributed by atoms with van der Waals surface area (Å²) in [5.41, 5.74) is 7.45. The molecule has 19 heavy (non-hydrogen) atoms. The van der Waals surface area contributed by atoms with Crippen molar-refractivity contribution >= 4 is 18.2 Å². The number of nitrogens with zero attached hydrogens (tertiary/aromatic N) is 1. The van der Waals surface area contributed by atoms with Crippen molar-refractivity contribution in [2.24, 2.45) is 10.8 Å². The Morgan fingerprint density at radius 3 is 2.79 bits per heavy atom. The highest BCUT2D eigenvalue weighted by atomic mass is 16.5. The second kappa shape index (κ2) is 6.84. The Labute approximate surface area is 108 Å². The van der Waals surface area contributed by atoms with Crippen molar-refractivity contribution in [1.82, 2.24) is 5.43 Å². The molecule has 0 atom stereocenters. The van der Waals surface area contributed by atoms with E-state index in [0.29, 0.717) is 11.3 Å². The fourth-order valence-corrected chi connectivity index (χ4v) is 1.20. The average Bonchev–Trinajstić information content (AvgIpc) is 2.36. The van der Waals surface area contributed by atoms with E-state index in [2.05, 4.69) is 5.10 Å². The van der Waals surface area contributed by atoms with Gasteiger partial charge >= 0.3 is 12.0 Å². The van der Waals surface area contributed by atoms with E-state index in [4.69, 9.17) is 20.3 Å². The van der Waals surface area contributed by atoms with E-state index >= 15 is 0 Å². The van der Waals surface area contributed by atoms with Crippen molar-refractivity contribution in [3.63, 3.8) is 0 Å². The standard InChI is InChI=1S/C11H13N3O5/c1-18-8-3-2-7(5-13-14-11(12)17)4-9(8)19-6-10(15)16/h2-5H,6H2,1H3,(H,15,16)(H3,12,14,17). The van der Waals surface area contributed by atoms with Gasteiger partial charge in [0.05, 0.1) is 13.3 Å². The van der Waals surface area contributed by atoms with Crippen LogP contribution in [0, 0.1) is 0 Å². The Morgan fingerprint density at radius 1 is 1.47 bits per heavy atom. The molecule has 0 unspecified atom stereocenters. The maximum atomic E-state index is 10.5. The van der Waals surface area contributed by atoms with Gasteiger partial charge in [-0.3, -0.25) is 0 Å². The van der Waals surface area contributed by atoms with Crippen molar-refractivity contribution in [1.29, 1.82) is 0 Å². The highest BCUT2D eigenvalue weighted by Gasteiger charge is 2.07. The molecule has 1 aromatic carbocycles. The number of hydrogen-bond acceptors (Lipinski definition) is 5. The van der Waals surface area contributed by atoms with E-state index in [1.807, 2.05) is 5.43 Å². The van der Waals surface area contributed by atoms with E-state index in [-0.39, 0.29) is 5.75 Å². The van der Waals surface area contributed by atoms with Gasteiger partial charge < -0.3 is 20.3 Å². The Hall–Kier alpha value is -2.77. The molecular weight excluding hydrogens is 254 g/mol. The van der Waals surface area contributed by atoms with Gasteiger partial charge in [0.25, 0.3) is 0 Å². The highest BCUT2D eigenvalue weighted by molar-refractivity contribution is 5.82. The van der Waals surface area contributed by atoms with E-state index < -0.39 is 18.6 Å². The predicted molar refractivity (Wildman–Crippen MR) is 66.4 cm³/mol. The Kier molecular flexibility index (Phi) is 5.15. The van der Waals surface area contributed by atoms with Gasteiger partial charge in [0.15, 0.2) is 18.1 Å². The topological polar surface area (TPSA) is 123 Å². The van der Waals surface area contributed by atoms with Gasteiger partial charge in [0, 0.05) is 0 Å². The lowest BCUT2D eigenvalue weighted by molar-refractivity contribution is -0.139. The number of primary amides is 1. The van der Waals surface area contributed by atoms with Crippen LogP contribution in [0.2, 0.25) is 0 Å². The van der Waals surface area contributed by atoms with E-state index in [1.165, 1.54) is 19.4 Å². The van der Waals surface area contributed by atoms with Gasteiger partial charge in [0.1, 0.15) is 0 Å². The minimum Gasteiger partial charge on any atom is -0.493 e. The van der Waals surface area contributed by atoms with Crippen molar-refractivity contribution in [3.05, 3.63) is 23.8 Å². The van der Waals surface area contributed by atoms with Gasteiger partial charge in [-0.15, -0.1) is 0 Å². The molecule has 1 aromatic rings. The summed E-state index contributed by atoms with van der Waals surface area (Å²) in [5.74, 6) is -0.453. The van der Waals surface area contributed by atoms with Gasteiger partial charge in [-0.05, 0) is 23.8 Å². The lowest BCUT2D eigenvalue weighted by atomic mass is 10.2. The van der Waals surface area contributed by atoms with Crippen LogP contribution in [0.1, 0.15) is 5.56 Å². The smallest absolute Gasteiger partial charge is 0.341 e. The molecule has 8 nitrogen and oxygen atoms in total. The van der Waals surface area contributed by atoms with E-state index in [9.17, 15) is 9.59 Å². The molecule has 0 saturated carbocycles. The minimum atomic E-state index is -1.10. The summed E-state index contributed by atoms with van der Waals surface area (Å²) < 4.78 is 10.1. The van der Waals surface area contributed by atoms with Crippen molar-refractivity contribution in [3.8, 4) is 11.5 Å². The summed E-state index contributed by atoms with van der Waals surface area (Å²) in [6.45, 7) is -0.490. The number of carbonyl (C=O) groups is 2. The van der Waals surface area contributed by atoms with Gasteiger partial charge in [-0.1, -0.05) is 0 Å². The van der Waals surface area contributed by atoms with Crippen LogP contribution in [0.15, 0.2) is 23.3 Å². The number of methoxy groups -OCH3 is 1. The maximum absolute atomic E-state index is 10.5. The van der Waals surface area contributed by atoms with Crippen LogP contribution in [0.3, 0.4) is 0 Å². The molecule has 0 bridgehead atoms. The van der Waals surface area contributed by atoms with Crippen molar-refractivity contribution in [2.45, 2.75) is 0 Å². The molecule has 0 saturated heterocycles. The number of aliphatic carboxylic acids is 1. The maximum Gasteiger partial charge on any atom is 0.341 e. The number of benzene rings is 1. The first kappa shape index (κ1) is 14.3. The van der Waals surface area contributed by atoms with E-state index in [0.717, 1.165) is 0 Å². The first-order valence-corrected chi connectivity index (χ1v) is 5.14. The molecule has 0 spiro atoms. The molecule has 0 aliphatic carbocycles. The predicted octanol–water partition coefficient (Wildman–Crippen LogP) is 0.161. The van der Waals surface area contributed by atoms with Crippen LogP contribution in [0.5, 0.6) is 11.5 Å². The summed E-state index contributed by atoms with van der Waals surface area (Å²) in [6.07, 6.45) is 1.33. The molecule has 0 heterocycles. The number of carboxylic acids is 1. The SMILES string of the molecule is COc1ccc(C=NNC(N)=O)cc1OCC(=O)O. The van der Waals surface area contributed by atoms with Crippen LogP contribution in [0.4, 0.5) is 4.79 Å². The normalized spacial score (nSPS) is 10.2. The molecule has 4 N–H and O–H groups in total. The Balaban J connectivity index is 2.84. The lowest BCUT2D eigenvalue weighted by Gasteiger charge is -2.09. The first-order chi connectivity index (χ1) is 9.02. The third-order valence-electron chi connectivity index (χ3n) is 1.93. The van der Waals surface area contributed by atoms with Crippen LogP contribution < -0.4 is 20.6 Å². The number of nitrogens with two attached hydrogens (primary N) is 1. The van der Waals surface area contributed by atoms with Crippen molar-refractivity contribution < 1.29 is 24.2 Å². The Bertz CT molecular complexity index is 501. The number of hydrazone groups is 1. The Morgan fingerprint density at radius 2 is 2.21 bits per heavy atom. The van der Waals surface area contributed by atoms with Gasteiger partial charge in [-0.25, -0.2) is 15.0 Å². The highest BCUT2D eigenvalue weighted by Crippen LogP contribution is 2.27. The number of nitrogens with one attached hydrogen (secondary N) is 1. The molecular formula is C11H13N3O5. The fraction of sp³-hybridized carbons (Fsp3) is 0.182. The summed E-state index contributed by atoms with van der Waals surface area (Å²) >= 11 is 0. The average molecular weight is 267 g/mol. The van der Waals surface area contributed by atoms with Crippen LogP contribution in [-0.4, -0.2) is 37.0 Å². The fourth-order valence-electron chi connectivity index (χ4n) is 1.20. The second-order valence-electron chi connectivity index (χ2n) is 3.33. The zero-order valence-electron chi connectivity index (χ0n) is 10.1. The number of urea groups is 1. The number of hydrogen-bond donors (Lipinski definition) is 3. The summed E-state index contributed by atoms with van der Waals surface area (Å²) in [4.78, 5) is 20.9. The summed E-state index contributed by atoms with van der Waals surface area (Å²) in [7, 11) is 1.44. The number of amides is 2. The van der Waals surface area contributed by atoms with Crippen LogP contribution >= 0.6 is 0 Å². The largest absolute Gasteiger partial charge is 0.493 e. The molecule has 8 heteroatoms. The molecule has 0 fully saturated rings. The quantitative estimate of drug-likeness (QED) is 0.500. The molecule has 102 valence electrons. The van der Waals surface area contributed by atoms with Crippen molar-refractivity contribution in [2.75, 3.05) is 13.7 Å². The zero-order valence-corrected chi connectivity index (χ0v) is 10.1. The molecule has 2 amide bonds. The molecule has 0 aliphatic rings. The van der Waals surface area contributed by atoms with Crippen LogP contribution in [-0.2, 0) is 4.79 Å². The molecule has 0 aliphatic heterocycles. The van der Waals surface area contributed by atoms with Crippen LogP contribution in [0.25, 0.3) is 0 Å². The number of ether oxygens (including phenoxy) is 2. The summed E-state index contributed by atoms with van der Waals surface area (Å²) in [5, 5.41) is 12.1. The van der Waals surface area contributed by atoms with E-state index in [1.54, 1.807) is 12.1 Å². The number of carbonyl (C=O) groups excluding carboxylic acids is 1. The molecule has 0 radical (unpaired) electrons. The molecule has 0 aromatic heterocycles.